The molecular weight excluding hydrogens is 544 g/mol. The van der Waals surface area contributed by atoms with E-state index in [4.69, 9.17) is 9.47 Å². The van der Waals surface area contributed by atoms with Crippen LogP contribution in [0, 0.1) is 0 Å². The number of benzene rings is 1. The van der Waals surface area contributed by atoms with Gasteiger partial charge in [-0.3, -0.25) is 14.4 Å². The fourth-order valence-corrected chi connectivity index (χ4v) is 5.69. The molecule has 1 aromatic carbocycles. The van der Waals surface area contributed by atoms with Crippen LogP contribution in [-0.4, -0.2) is 96.2 Å². The van der Waals surface area contributed by atoms with Crippen molar-refractivity contribution in [2.75, 3.05) is 26.7 Å². The van der Waals surface area contributed by atoms with Gasteiger partial charge in [-0.1, -0.05) is 18.2 Å². The van der Waals surface area contributed by atoms with Gasteiger partial charge in [0.25, 0.3) is 0 Å². The summed E-state index contributed by atoms with van der Waals surface area (Å²) in [5.41, 5.74) is 0.139. The Morgan fingerprint density at radius 2 is 1.76 bits per heavy atom. The van der Waals surface area contributed by atoms with Crippen LogP contribution in [0.25, 0.3) is 0 Å². The molecule has 2 saturated heterocycles. The Kier molecular flexibility index (Phi) is 9.47. The van der Waals surface area contributed by atoms with E-state index in [1.54, 1.807) is 25.7 Å². The minimum absolute atomic E-state index is 0.0890. The molecule has 0 bridgehead atoms. The van der Waals surface area contributed by atoms with Crippen molar-refractivity contribution in [2.24, 2.45) is 0 Å². The molecule has 3 aliphatic rings. The summed E-state index contributed by atoms with van der Waals surface area (Å²) in [4.78, 5) is 68.7. The molecule has 13 heteroatoms. The largest absolute Gasteiger partial charge is 0.493 e. The van der Waals surface area contributed by atoms with E-state index in [-0.39, 0.29) is 30.6 Å². The number of amides is 6. The molecule has 0 aromatic heterocycles. The number of fused-ring (bicyclic) bond motifs is 2. The van der Waals surface area contributed by atoms with E-state index in [0.717, 1.165) is 11.3 Å². The summed E-state index contributed by atoms with van der Waals surface area (Å²) >= 11 is 0. The summed E-state index contributed by atoms with van der Waals surface area (Å²) in [6, 6.07) is 3.79. The van der Waals surface area contributed by atoms with Gasteiger partial charge in [-0.2, -0.15) is 0 Å². The third-order valence-electron chi connectivity index (χ3n) is 7.71. The molecule has 0 spiro atoms. The third kappa shape index (κ3) is 7.24. The zero-order valence-corrected chi connectivity index (χ0v) is 24.9. The number of carbonyl (C=O) groups is 5. The number of hydrogen-bond donors (Lipinski definition) is 4. The third-order valence-corrected chi connectivity index (χ3v) is 7.71. The second-order valence-electron chi connectivity index (χ2n) is 11.9. The summed E-state index contributed by atoms with van der Waals surface area (Å²) in [6.45, 7) is 7.32. The van der Waals surface area contributed by atoms with Crippen molar-refractivity contribution < 1.29 is 33.4 Å². The van der Waals surface area contributed by atoms with Crippen LogP contribution >= 0.6 is 0 Å². The van der Waals surface area contributed by atoms with E-state index in [1.165, 1.54) is 18.9 Å². The number of nitrogens with one attached hydrogen (secondary N) is 4. The molecule has 5 atom stereocenters. The molecule has 0 radical (unpaired) electrons. The Morgan fingerprint density at radius 3 is 2.48 bits per heavy atom. The zero-order valence-electron chi connectivity index (χ0n) is 24.9. The summed E-state index contributed by atoms with van der Waals surface area (Å²) in [5, 5.41) is 10.9. The number of urea groups is 1. The van der Waals surface area contributed by atoms with E-state index < -0.39 is 41.6 Å². The van der Waals surface area contributed by atoms with Gasteiger partial charge in [-0.05, 0) is 53.0 Å². The lowest BCUT2D eigenvalue weighted by Crippen LogP contribution is -2.63. The smallest absolute Gasteiger partial charge is 0.408 e. The minimum atomic E-state index is -1.13. The number of alkyl carbamates (subject to hydrolysis) is 1. The Morgan fingerprint density at radius 1 is 1.02 bits per heavy atom. The van der Waals surface area contributed by atoms with Crippen LogP contribution in [-0.2, 0) is 19.1 Å². The van der Waals surface area contributed by atoms with Crippen LogP contribution in [0.5, 0.6) is 5.75 Å². The molecule has 6 amide bonds. The van der Waals surface area contributed by atoms with Crippen LogP contribution in [0.4, 0.5) is 9.59 Å². The maximum absolute atomic E-state index is 14.1. The Bertz CT molecular complexity index is 1200. The number of carbonyl (C=O) groups excluding carboxylic acids is 5. The zero-order chi connectivity index (χ0) is 30.6. The lowest BCUT2D eigenvalue weighted by molar-refractivity contribution is -0.145. The first-order valence-corrected chi connectivity index (χ1v) is 14.5. The first-order chi connectivity index (χ1) is 19.9. The van der Waals surface area contributed by atoms with Crippen LogP contribution in [0.2, 0.25) is 0 Å². The normalized spacial score (nSPS) is 24.5. The van der Waals surface area contributed by atoms with Gasteiger partial charge in [-0.25, -0.2) is 9.59 Å². The maximum Gasteiger partial charge on any atom is 0.408 e. The summed E-state index contributed by atoms with van der Waals surface area (Å²) in [6.07, 6.45) is 1.39. The minimum Gasteiger partial charge on any atom is -0.493 e. The molecule has 1 aromatic rings. The van der Waals surface area contributed by atoms with Gasteiger partial charge < -0.3 is 40.5 Å². The second-order valence-corrected chi connectivity index (χ2v) is 11.9. The van der Waals surface area contributed by atoms with Gasteiger partial charge in [0.1, 0.15) is 29.5 Å². The highest BCUT2D eigenvalue weighted by atomic mass is 16.6. The van der Waals surface area contributed by atoms with Crippen molar-refractivity contribution in [1.29, 1.82) is 0 Å². The number of ether oxygens (including phenoxy) is 2. The summed E-state index contributed by atoms with van der Waals surface area (Å²) < 4.78 is 11.0. The van der Waals surface area contributed by atoms with Crippen molar-refractivity contribution in [2.45, 2.75) is 89.2 Å². The highest BCUT2D eigenvalue weighted by Gasteiger charge is 2.46. The molecule has 4 N–H and O–H groups in total. The summed E-state index contributed by atoms with van der Waals surface area (Å²) in [5.74, 6) is -0.600. The highest BCUT2D eigenvalue weighted by Crippen LogP contribution is 2.34. The summed E-state index contributed by atoms with van der Waals surface area (Å²) in [7, 11) is 1.50. The van der Waals surface area contributed by atoms with Gasteiger partial charge in [0, 0.05) is 31.6 Å². The highest BCUT2D eigenvalue weighted by molar-refractivity contribution is 5.95. The SMILES string of the molecule is CNC(=O)N1CC[C@H]2CC[C@@H](C(=O)N[C@@H]3CCOc4ccccc43)N2C(=O)[C@@H](NC(=O)[C@H](C)NC(=O)OC(C)(C)C)C1. The van der Waals surface area contributed by atoms with E-state index in [9.17, 15) is 24.0 Å². The van der Waals surface area contributed by atoms with E-state index in [0.29, 0.717) is 38.8 Å². The number of rotatable bonds is 5. The fraction of sp³-hybridized carbons (Fsp3) is 0.621. The molecular formula is C29H42N6O7. The topological polar surface area (TPSA) is 158 Å². The molecule has 13 nitrogen and oxygen atoms in total. The van der Waals surface area contributed by atoms with Crippen molar-refractivity contribution in [3.05, 3.63) is 29.8 Å². The van der Waals surface area contributed by atoms with Crippen LogP contribution < -0.4 is 26.0 Å². The van der Waals surface area contributed by atoms with Crippen LogP contribution in [0.15, 0.2) is 24.3 Å². The number of hydrogen-bond acceptors (Lipinski definition) is 7. The van der Waals surface area contributed by atoms with Crippen molar-refractivity contribution in [1.82, 2.24) is 31.1 Å². The van der Waals surface area contributed by atoms with Gasteiger partial charge >= 0.3 is 12.1 Å². The lowest BCUT2D eigenvalue weighted by Gasteiger charge is -2.39. The first kappa shape index (κ1) is 30.9. The Hall–Kier alpha value is -4.03. The molecule has 4 rings (SSSR count). The molecule has 0 aliphatic carbocycles. The lowest BCUT2D eigenvalue weighted by atomic mass is 10.00. The molecule has 2 fully saturated rings. The molecule has 0 saturated carbocycles. The molecule has 0 unspecified atom stereocenters. The number of nitrogens with zero attached hydrogens (tertiary/aromatic N) is 2. The first-order valence-electron chi connectivity index (χ1n) is 14.5. The number of para-hydroxylation sites is 1. The average Bonchev–Trinajstić information content (AvgIpc) is 3.35. The van der Waals surface area contributed by atoms with E-state index in [1.807, 2.05) is 24.3 Å². The molecule has 230 valence electrons. The molecule has 3 aliphatic heterocycles. The fourth-order valence-electron chi connectivity index (χ4n) is 5.69. The van der Waals surface area contributed by atoms with Crippen LogP contribution in [0.1, 0.15) is 65.0 Å². The van der Waals surface area contributed by atoms with E-state index in [2.05, 4.69) is 21.3 Å². The molecule has 3 heterocycles. The molecule has 42 heavy (non-hydrogen) atoms. The predicted octanol–water partition coefficient (Wildman–Crippen LogP) is 1.43. The van der Waals surface area contributed by atoms with Gasteiger partial charge in [0.2, 0.25) is 17.7 Å². The average molecular weight is 587 g/mol. The standard InChI is InChI=1S/C29H42N6O7/c1-17(31-28(40)42-29(2,3)4)24(36)33-21-16-34(27(39)30-5)14-12-18-10-11-22(35(18)26(21)38)25(37)32-20-13-15-41-23-9-7-6-8-19(20)23/h6-9,17-18,20-22H,10-16H2,1-5H3,(H,30,39)(H,31,40)(H,32,37)(H,33,36)/t17-,18+,20+,21-,22-/m0/s1. The Labute approximate surface area is 246 Å². The maximum atomic E-state index is 14.1. The van der Waals surface area contributed by atoms with Gasteiger partial charge in [0.15, 0.2) is 0 Å². The van der Waals surface area contributed by atoms with Crippen molar-refractivity contribution in [3.63, 3.8) is 0 Å². The predicted molar refractivity (Wildman–Crippen MR) is 153 cm³/mol. The van der Waals surface area contributed by atoms with Crippen molar-refractivity contribution in [3.8, 4) is 5.75 Å². The van der Waals surface area contributed by atoms with E-state index >= 15 is 0 Å². The van der Waals surface area contributed by atoms with Gasteiger partial charge in [0.05, 0.1) is 19.2 Å². The van der Waals surface area contributed by atoms with Gasteiger partial charge in [-0.15, -0.1) is 0 Å². The quantitative estimate of drug-likeness (QED) is 0.406. The van der Waals surface area contributed by atoms with Crippen molar-refractivity contribution >= 4 is 29.8 Å². The Balaban J connectivity index is 1.51. The van der Waals surface area contributed by atoms with Crippen LogP contribution in [0.3, 0.4) is 0 Å². The monoisotopic (exact) mass is 586 g/mol. The second kappa shape index (κ2) is 12.9.